The van der Waals surface area contributed by atoms with Crippen LogP contribution in [0.25, 0.3) is 22.2 Å². The van der Waals surface area contributed by atoms with E-state index in [0.29, 0.717) is 23.1 Å². The predicted octanol–water partition coefficient (Wildman–Crippen LogP) is 5.05. The van der Waals surface area contributed by atoms with Gasteiger partial charge in [-0.3, -0.25) is 0 Å². The number of fused-ring (bicyclic) bond motifs is 1. The fourth-order valence-corrected chi connectivity index (χ4v) is 2.92. The molecule has 0 aliphatic heterocycles. The topological polar surface area (TPSA) is 76.2 Å². The number of hydrogen-bond donors (Lipinski definition) is 2. The van der Waals surface area contributed by atoms with Crippen LogP contribution in [-0.4, -0.2) is 16.1 Å². The lowest BCUT2D eigenvalue weighted by Gasteiger charge is -2.07. The van der Waals surface area contributed by atoms with Crippen molar-refractivity contribution in [2.45, 2.75) is 13.5 Å². The third-order valence-corrected chi connectivity index (χ3v) is 4.34. The van der Waals surface area contributed by atoms with Crippen molar-refractivity contribution in [3.05, 3.63) is 102 Å². The molecule has 0 saturated heterocycles. The van der Waals surface area contributed by atoms with Crippen molar-refractivity contribution in [1.82, 2.24) is 4.98 Å². The maximum atomic E-state index is 11.4. The third-order valence-electron chi connectivity index (χ3n) is 4.34. The van der Waals surface area contributed by atoms with Crippen molar-refractivity contribution in [1.29, 1.82) is 0 Å². The molecule has 1 aromatic heterocycles. The van der Waals surface area contributed by atoms with Gasteiger partial charge in [-0.2, -0.15) is 0 Å². The second-order valence-electron chi connectivity index (χ2n) is 6.44. The normalized spacial score (nSPS) is 10.2. The van der Waals surface area contributed by atoms with E-state index in [2.05, 4.69) is 4.98 Å². The zero-order valence-electron chi connectivity index (χ0n) is 15.7. The van der Waals surface area contributed by atoms with Gasteiger partial charge >= 0.3 is 5.97 Å². The van der Waals surface area contributed by atoms with E-state index >= 15 is 0 Å². The minimum atomic E-state index is -0.933. The Morgan fingerprint density at radius 3 is 2.29 bits per heavy atom. The van der Waals surface area contributed by atoms with Gasteiger partial charge in [-0.25, -0.2) is 9.78 Å². The number of aromatic carboxylic acids is 1. The smallest absolute Gasteiger partial charge is 0.336 e. The molecule has 0 spiro atoms. The van der Waals surface area contributed by atoms with Gasteiger partial charge in [-0.1, -0.05) is 72.3 Å². The van der Waals surface area contributed by atoms with E-state index in [1.807, 2.05) is 79.7 Å². The molecule has 0 aliphatic rings. The van der Waals surface area contributed by atoms with Gasteiger partial charge < -0.3 is 10.8 Å². The molecule has 4 aromatic rings. The van der Waals surface area contributed by atoms with Crippen LogP contribution in [0.1, 0.15) is 21.5 Å². The Bertz CT molecular complexity index is 1090. The number of benzene rings is 3. The first kappa shape index (κ1) is 19.3. The van der Waals surface area contributed by atoms with Gasteiger partial charge in [0.05, 0.1) is 16.8 Å². The zero-order chi connectivity index (χ0) is 19.9. The van der Waals surface area contributed by atoms with Crippen LogP contribution in [-0.2, 0) is 6.54 Å². The predicted molar refractivity (Wildman–Crippen MR) is 113 cm³/mol. The highest BCUT2D eigenvalue weighted by Gasteiger charge is 2.12. The molecule has 0 bridgehead atoms. The number of aromatic nitrogens is 1. The van der Waals surface area contributed by atoms with E-state index in [9.17, 15) is 9.90 Å². The van der Waals surface area contributed by atoms with Crippen LogP contribution in [0.3, 0.4) is 0 Å². The summed E-state index contributed by atoms with van der Waals surface area (Å²) in [6, 6.07) is 26.8. The molecule has 0 radical (unpaired) electrons. The molecule has 0 aliphatic carbocycles. The van der Waals surface area contributed by atoms with Crippen LogP contribution in [0.5, 0.6) is 0 Å². The summed E-state index contributed by atoms with van der Waals surface area (Å²) < 4.78 is 0. The molecule has 4 nitrogen and oxygen atoms in total. The molecular formula is C24H22N2O2. The summed E-state index contributed by atoms with van der Waals surface area (Å²) in [6.45, 7) is 2.64. The van der Waals surface area contributed by atoms with E-state index in [0.717, 1.165) is 11.1 Å². The highest BCUT2D eigenvalue weighted by atomic mass is 16.4. The van der Waals surface area contributed by atoms with Crippen LogP contribution in [0, 0.1) is 6.92 Å². The summed E-state index contributed by atoms with van der Waals surface area (Å²) >= 11 is 0. The van der Waals surface area contributed by atoms with Crippen molar-refractivity contribution >= 4 is 16.9 Å². The number of aryl methyl sites for hydroxylation is 1. The molecule has 0 unspecified atom stereocenters. The molecule has 0 amide bonds. The maximum Gasteiger partial charge on any atom is 0.336 e. The molecule has 3 N–H and O–H groups in total. The van der Waals surface area contributed by atoms with Crippen LogP contribution < -0.4 is 5.73 Å². The molecular weight excluding hydrogens is 348 g/mol. The lowest BCUT2D eigenvalue weighted by atomic mass is 10.0. The van der Waals surface area contributed by atoms with Crippen molar-refractivity contribution in [2.24, 2.45) is 5.73 Å². The number of carbonyl (C=O) groups is 1. The van der Waals surface area contributed by atoms with Crippen molar-refractivity contribution in [3.63, 3.8) is 0 Å². The quantitative estimate of drug-likeness (QED) is 0.529. The lowest BCUT2D eigenvalue weighted by Crippen LogP contribution is -2.00. The monoisotopic (exact) mass is 370 g/mol. The third kappa shape index (κ3) is 4.61. The Hall–Kier alpha value is -3.50. The average Bonchev–Trinajstić information content (AvgIpc) is 2.74. The molecule has 140 valence electrons. The van der Waals surface area contributed by atoms with Gasteiger partial charge in [0, 0.05) is 17.5 Å². The largest absolute Gasteiger partial charge is 0.478 e. The second-order valence-corrected chi connectivity index (χ2v) is 6.44. The van der Waals surface area contributed by atoms with Crippen LogP contribution >= 0.6 is 0 Å². The number of carboxylic acid groups (broad SMARTS) is 1. The minimum absolute atomic E-state index is 0.284. The van der Waals surface area contributed by atoms with E-state index in [4.69, 9.17) is 5.73 Å². The van der Waals surface area contributed by atoms with Gasteiger partial charge in [0.1, 0.15) is 0 Å². The fraction of sp³-hybridized carbons (Fsp3) is 0.0833. The second kappa shape index (κ2) is 8.93. The number of carboxylic acids is 1. The lowest BCUT2D eigenvalue weighted by molar-refractivity contribution is 0.0699. The first-order valence-electron chi connectivity index (χ1n) is 9.02. The van der Waals surface area contributed by atoms with Crippen LogP contribution in [0.4, 0.5) is 0 Å². The van der Waals surface area contributed by atoms with Crippen LogP contribution in [0.15, 0.2) is 84.9 Å². The highest BCUT2D eigenvalue weighted by Crippen LogP contribution is 2.25. The average molecular weight is 370 g/mol. The molecule has 4 rings (SSSR count). The number of pyridine rings is 1. The summed E-state index contributed by atoms with van der Waals surface area (Å²) in [6.07, 6.45) is 0. The summed E-state index contributed by atoms with van der Waals surface area (Å²) in [5, 5.41) is 10.0. The van der Waals surface area contributed by atoms with Gasteiger partial charge in [0.2, 0.25) is 0 Å². The number of rotatable bonds is 3. The van der Waals surface area contributed by atoms with Gasteiger partial charge in [-0.15, -0.1) is 0 Å². The first-order chi connectivity index (χ1) is 13.6. The van der Waals surface area contributed by atoms with E-state index < -0.39 is 5.97 Å². The molecule has 1 heterocycles. The molecule has 0 saturated carbocycles. The fourth-order valence-electron chi connectivity index (χ4n) is 2.92. The zero-order valence-corrected chi connectivity index (χ0v) is 15.7. The van der Waals surface area contributed by atoms with Crippen molar-refractivity contribution < 1.29 is 9.90 Å². The first-order valence-corrected chi connectivity index (χ1v) is 9.02. The summed E-state index contributed by atoms with van der Waals surface area (Å²) in [5.74, 6) is -0.933. The summed E-state index contributed by atoms with van der Waals surface area (Å²) in [4.78, 5) is 16.0. The Morgan fingerprint density at radius 1 is 0.929 bits per heavy atom. The summed E-state index contributed by atoms with van der Waals surface area (Å²) in [5.41, 5.74) is 10.3. The van der Waals surface area contributed by atoms with Crippen molar-refractivity contribution in [3.8, 4) is 11.3 Å². The summed E-state index contributed by atoms with van der Waals surface area (Å²) in [7, 11) is 0. The standard InChI is InChI=1S/C17H13NO2.C7H9N/c1-11-5-4-6-12(9-11)16-10-14(17(19)20)13-7-2-3-8-15(13)18-16;8-6-7-4-2-1-3-5-7/h2-10H,1H3,(H,19,20);1-5H,6,8H2. The molecule has 3 aromatic carbocycles. The molecule has 0 atom stereocenters. The van der Waals surface area contributed by atoms with E-state index in [-0.39, 0.29) is 5.56 Å². The SMILES string of the molecule is Cc1cccc(-c2cc(C(=O)O)c3ccccc3n2)c1.NCc1ccccc1. The Kier molecular flexibility index (Phi) is 6.14. The Morgan fingerprint density at radius 2 is 1.64 bits per heavy atom. The van der Waals surface area contributed by atoms with E-state index in [1.165, 1.54) is 5.56 Å². The van der Waals surface area contributed by atoms with Gasteiger partial charge in [-0.05, 0) is 30.7 Å². The van der Waals surface area contributed by atoms with Gasteiger partial charge in [0.15, 0.2) is 0 Å². The van der Waals surface area contributed by atoms with Crippen LogP contribution in [0.2, 0.25) is 0 Å². The molecule has 4 heteroatoms. The van der Waals surface area contributed by atoms with Gasteiger partial charge in [0.25, 0.3) is 0 Å². The number of hydrogen-bond acceptors (Lipinski definition) is 3. The van der Waals surface area contributed by atoms with E-state index in [1.54, 1.807) is 12.1 Å². The Labute approximate surface area is 164 Å². The minimum Gasteiger partial charge on any atom is -0.478 e. The number of nitrogens with two attached hydrogens (primary N) is 1. The van der Waals surface area contributed by atoms with Crippen molar-refractivity contribution in [2.75, 3.05) is 0 Å². The highest BCUT2D eigenvalue weighted by molar-refractivity contribution is 6.03. The number of para-hydroxylation sites is 1. The number of nitrogens with zero attached hydrogens (tertiary/aromatic N) is 1. The molecule has 0 fully saturated rings. The Balaban J connectivity index is 0.000000236. The maximum absolute atomic E-state index is 11.4. The molecule has 28 heavy (non-hydrogen) atoms.